The Labute approximate surface area is 91.4 Å². The zero-order valence-electron chi connectivity index (χ0n) is 7.70. The van der Waals surface area contributed by atoms with E-state index in [4.69, 9.17) is 0 Å². The highest BCUT2D eigenvalue weighted by Crippen LogP contribution is 2.24. The number of rotatable bonds is 1. The zero-order chi connectivity index (χ0) is 10.1. The fraction of sp³-hybridized carbons (Fsp3) is 0.200. The van der Waals surface area contributed by atoms with Gasteiger partial charge in [0.15, 0.2) is 0 Å². The molecule has 0 unspecified atom stereocenters. The predicted molar refractivity (Wildman–Crippen MR) is 66.3 cm³/mol. The quantitative estimate of drug-likeness (QED) is 0.802. The standard InChI is InChI=1S/C10H10INO2/c1-2-12-8-3-4-11-6-7(8)9(13)5-10(12)14/h3-6,13H,2H2,1H3. The van der Waals surface area contributed by atoms with Crippen LogP contribution in [0.3, 0.4) is 0 Å². The van der Waals surface area contributed by atoms with E-state index in [-0.39, 0.29) is 32.0 Å². The Morgan fingerprint density at radius 3 is 3.07 bits per heavy atom. The van der Waals surface area contributed by atoms with E-state index < -0.39 is 0 Å². The van der Waals surface area contributed by atoms with Crippen LogP contribution in [-0.2, 0) is 6.54 Å². The largest absolute Gasteiger partial charge is 0.507 e. The lowest BCUT2D eigenvalue weighted by Gasteiger charge is -2.13. The van der Waals surface area contributed by atoms with Gasteiger partial charge in [-0.1, -0.05) is 20.7 Å². The summed E-state index contributed by atoms with van der Waals surface area (Å²) in [6, 6.07) is 1.29. The minimum absolute atomic E-state index is 0.1000. The van der Waals surface area contributed by atoms with Crippen molar-refractivity contribution in [2.24, 2.45) is 0 Å². The topological polar surface area (TPSA) is 42.2 Å². The molecule has 1 aromatic rings. The molecule has 3 nitrogen and oxygen atoms in total. The summed E-state index contributed by atoms with van der Waals surface area (Å²) in [5.74, 6) is 0.110. The van der Waals surface area contributed by atoms with E-state index in [1.54, 1.807) is 4.57 Å². The van der Waals surface area contributed by atoms with Crippen molar-refractivity contribution < 1.29 is 5.11 Å². The van der Waals surface area contributed by atoms with Crippen LogP contribution in [0.15, 0.2) is 14.9 Å². The van der Waals surface area contributed by atoms with Gasteiger partial charge in [0.05, 0.1) is 5.69 Å². The second kappa shape index (κ2) is 3.68. The highest BCUT2D eigenvalue weighted by molar-refractivity contribution is 14.2. The molecule has 0 atom stereocenters. The lowest BCUT2D eigenvalue weighted by molar-refractivity contribution is 0.470. The number of aromatic nitrogens is 1. The lowest BCUT2D eigenvalue weighted by atomic mass is 10.2. The molecule has 2 rings (SSSR count). The highest BCUT2D eigenvalue weighted by Gasteiger charge is 2.11. The summed E-state index contributed by atoms with van der Waals surface area (Å²) >= 11 is -0.1000. The molecule has 4 heteroatoms. The average Bonchev–Trinajstić information content (AvgIpc) is 2.18. The molecule has 0 amide bonds. The van der Waals surface area contributed by atoms with Crippen LogP contribution >= 0.6 is 20.7 Å². The molecule has 1 aliphatic heterocycles. The fourth-order valence-corrected chi connectivity index (χ4v) is 3.23. The van der Waals surface area contributed by atoms with Gasteiger partial charge in [-0.2, -0.15) is 0 Å². The Bertz CT molecular complexity index is 486. The summed E-state index contributed by atoms with van der Waals surface area (Å²) in [6.07, 6.45) is 1.94. The van der Waals surface area contributed by atoms with Gasteiger partial charge in [0.1, 0.15) is 5.75 Å². The van der Waals surface area contributed by atoms with Crippen molar-refractivity contribution in [2.45, 2.75) is 13.5 Å². The van der Waals surface area contributed by atoms with E-state index in [9.17, 15) is 9.90 Å². The Morgan fingerprint density at radius 2 is 2.36 bits per heavy atom. The second-order valence-corrected chi connectivity index (χ2v) is 5.00. The first-order chi connectivity index (χ1) is 6.74. The van der Waals surface area contributed by atoms with Gasteiger partial charge < -0.3 is 9.67 Å². The predicted octanol–water partition coefficient (Wildman–Crippen LogP) is 1.68. The lowest BCUT2D eigenvalue weighted by Crippen LogP contribution is -2.22. The van der Waals surface area contributed by atoms with E-state index in [2.05, 4.69) is 4.08 Å². The van der Waals surface area contributed by atoms with Crippen LogP contribution in [0, 0.1) is 0 Å². The number of hydrogen-bond donors (Lipinski definition) is 1. The molecule has 0 aliphatic carbocycles. The summed E-state index contributed by atoms with van der Waals surface area (Å²) < 4.78 is 5.80. The van der Waals surface area contributed by atoms with E-state index in [1.807, 2.05) is 17.0 Å². The zero-order valence-corrected chi connectivity index (χ0v) is 9.85. The number of aromatic hydroxyl groups is 1. The van der Waals surface area contributed by atoms with Gasteiger partial charge in [-0.15, -0.1) is 0 Å². The molecule has 0 saturated carbocycles. The van der Waals surface area contributed by atoms with Gasteiger partial charge >= 0.3 is 0 Å². The SMILES string of the molecule is CCn1c2c(c(O)cc1=O)C=IC=C2. The highest BCUT2D eigenvalue weighted by atomic mass is 127. The molecule has 1 N–H and O–H groups in total. The maximum Gasteiger partial charge on any atom is 0.254 e. The van der Waals surface area contributed by atoms with Crippen LogP contribution in [-0.4, -0.2) is 13.7 Å². The molecule has 0 spiro atoms. The Hall–Kier alpha value is -0.910. The van der Waals surface area contributed by atoms with Crippen molar-refractivity contribution in [2.75, 3.05) is 0 Å². The fourth-order valence-electron chi connectivity index (χ4n) is 1.48. The molecule has 14 heavy (non-hydrogen) atoms. The van der Waals surface area contributed by atoms with Gasteiger partial charge in [-0.25, -0.2) is 0 Å². The monoisotopic (exact) mass is 303 g/mol. The molecule has 0 radical (unpaired) electrons. The van der Waals surface area contributed by atoms with E-state index >= 15 is 0 Å². The van der Waals surface area contributed by atoms with Crippen molar-refractivity contribution >= 4 is 30.8 Å². The molecule has 2 heterocycles. The number of pyridine rings is 1. The van der Waals surface area contributed by atoms with Gasteiger partial charge in [0, 0.05) is 18.2 Å². The number of nitrogens with zero attached hydrogens (tertiary/aromatic N) is 1. The van der Waals surface area contributed by atoms with Crippen molar-refractivity contribution in [1.29, 1.82) is 0 Å². The van der Waals surface area contributed by atoms with Crippen molar-refractivity contribution in [1.82, 2.24) is 4.57 Å². The third-order valence-electron chi connectivity index (χ3n) is 2.15. The molecule has 0 saturated heterocycles. The van der Waals surface area contributed by atoms with Gasteiger partial charge in [0.25, 0.3) is 5.56 Å². The van der Waals surface area contributed by atoms with Gasteiger partial charge in [-0.3, -0.25) is 4.79 Å². The average molecular weight is 303 g/mol. The Balaban J connectivity index is 2.82. The number of fused-ring (bicyclic) bond motifs is 1. The third-order valence-corrected chi connectivity index (χ3v) is 3.91. The molecule has 0 bridgehead atoms. The molecule has 74 valence electrons. The summed E-state index contributed by atoms with van der Waals surface area (Å²) in [5.41, 5.74) is 1.52. The van der Waals surface area contributed by atoms with Crippen LogP contribution < -0.4 is 5.56 Å². The minimum Gasteiger partial charge on any atom is -0.507 e. The van der Waals surface area contributed by atoms with Crippen molar-refractivity contribution in [3.63, 3.8) is 0 Å². The molecule has 1 aliphatic rings. The summed E-state index contributed by atoms with van der Waals surface area (Å²) in [5, 5.41) is 9.60. The maximum atomic E-state index is 11.5. The first kappa shape index (κ1) is 9.64. The Kier molecular flexibility index (Phi) is 2.54. The first-order valence-corrected chi connectivity index (χ1v) is 6.81. The number of halogens is 1. The molecule has 0 aromatic carbocycles. The van der Waals surface area contributed by atoms with Crippen LogP contribution in [0.5, 0.6) is 5.75 Å². The van der Waals surface area contributed by atoms with Gasteiger partial charge in [-0.05, 0) is 21.1 Å². The van der Waals surface area contributed by atoms with Crippen LogP contribution in [0.4, 0.5) is 0 Å². The molecular formula is C10H10INO2. The second-order valence-electron chi connectivity index (χ2n) is 2.94. The van der Waals surface area contributed by atoms with E-state index in [1.165, 1.54) is 6.07 Å². The summed E-state index contributed by atoms with van der Waals surface area (Å²) in [4.78, 5) is 11.5. The first-order valence-electron chi connectivity index (χ1n) is 4.32. The van der Waals surface area contributed by atoms with Crippen molar-refractivity contribution in [3.8, 4) is 5.75 Å². The smallest absolute Gasteiger partial charge is 0.254 e. The summed E-state index contributed by atoms with van der Waals surface area (Å²) in [6.45, 7) is 2.56. The molecule has 0 fully saturated rings. The van der Waals surface area contributed by atoms with E-state index in [0.29, 0.717) is 6.54 Å². The minimum atomic E-state index is -0.137. The normalized spacial score (nSPS) is 13.5. The van der Waals surface area contributed by atoms with Crippen LogP contribution in [0.25, 0.3) is 6.08 Å². The van der Waals surface area contributed by atoms with Crippen molar-refractivity contribution in [3.05, 3.63) is 31.8 Å². The van der Waals surface area contributed by atoms with E-state index in [0.717, 1.165) is 11.3 Å². The van der Waals surface area contributed by atoms with Crippen LogP contribution in [0.1, 0.15) is 18.2 Å². The molecular weight excluding hydrogens is 293 g/mol. The Morgan fingerprint density at radius 1 is 1.57 bits per heavy atom. The summed E-state index contributed by atoms with van der Waals surface area (Å²) in [7, 11) is 0. The van der Waals surface area contributed by atoms with Crippen LogP contribution in [0.2, 0.25) is 0 Å². The molecule has 1 aromatic heterocycles. The van der Waals surface area contributed by atoms with Gasteiger partial charge in [0.2, 0.25) is 0 Å². The maximum absolute atomic E-state index is 11.5. The third kappa shape index (κ3) is 1.43. The number of hydrogen-bond acceptors (Lipinski definition) is 2.